The normalized spacial score (nSPS) is 14.4. The maximum Gasteiger partial charge on any atom is 0.274 e. The quantitative estimate of drug-likeness (QED) is 0.546. The second kappa shape index (κ2) is 7.16. The van der Waals surface area contributed by atoms with Gasteiger partial charge in [-0.25, -0.2) is 14.9 Å². The Hall–Kier alpha value is -3.26. The highest BCUT2D eigenvalue weighted by molar-refractivity contribution is 5.96. The third-order valence-electron chi connectivity index (χ3n) is 4.69. The van der Waals surface area contributed by atoms with Crippen molar-refractivity contribution in [3.8, 4) is 0 Å². The molecule has 1 saturated heterocycles. The zero-order valence-electron chi connectivity index (χ0n) is 14.5. The summed E-state index contributed by atoms with van der Waals surface area (Å²) >= 11 is 0. The number of hydroxylamine groups is 1. The SMILES string of the molecule is O=C(NO)c1ccc2ncc(N3CCN(c4ccc(F)cc4)CC3)nc2c1. The number of carbonyl (C=O) groups is 1. The van der Waals surface area contributed by atoms with E-state index >= 15 is 0 Å². The fourth-order valence-corrected chi connectivity index (χ4v) is 3.21. The molecule has 4 rings (SSSR count). The van der Waals surface area contributed by atoms with Gasteiger partial charge in [0, 0.05) is 37.4 Å². The maximum absolute atomic E-state index is 13.1. The van der Waals surface area contributed by atoms with Crippen molar-refractivity contribution in [2.24, 2.45) is 0 Å². The van der Waals surface area contributed by atoms with E-state index in [1.54, 1.807) is 42.0 Å². The van der Waals surface area contributed by atoms with E-state index in [-0.39, 0.29) is 5.82 Å². The molecule has 0 bridgehead atoms. The molecule has 8 heteroatoms. The van der Waals surface area contributed by atoms with E-state index in [1.807, 2.05) is 0 Å². The van der Waals surface area contributed by atoms with Crippen LogP contribution in [0, 0.1) is 5.82 Å². The van der Waals surface area contributed by atoms with Gasteiger partial charge in [-0.3, -0.25) is 15.0 Å². The number of benzene rings is 2. The molecule has 27 heavy (non-hydrogen) atoms. The molecule has 0 aliphatic carbocycles. The molecule has 0 saturated carbocycles. The van der Waals surface area contributed by atoms with Crippen molar-refractivity contribution in [2.75, 3.05) is 36.0 Å². The summed E-state index contributed by atoms with van der Waals surface area (Å²) in [4.78, 5) is 25.0. The Morgan fingerprint density at radius 3 is 2.41 bits per heavy atom. The van der Waals surface area contributed by atoms with E-state index in [4.69, 9.17) is 5.21 Å². The van der Waals surface area contributed by atoms with Gasteiger partial charge in [0.25, 0.3) is 5.91 Å². The minimum Gasteiger partial charge on any atom is -0.368 e. The molecular formula is C19H18FN5O2. The number of nitrogens with one attached hydrogen (secondary N) is 1. The van der Waals surface area contributed by atoms with E-state index in [0.717, 1.165) is 37.7 Å². The lowest BCUT2D eigenvalue weighted by Gasteiger charge is -2.36. The van der Waals surface area contributed by atoms with Crippen molar-refractivity contribution >= 4 is 28.4 Å². The third kappa shape index (κ3) is 3.52. The van der Waals surface area contributed by atoms with Crippen LogP contribution < -0.4 is 15.3 Å². The number of fused-ring (bicyclic) bond motifs is 1. The molecule has 0 spiro atoms. The van der Waals surface area contributed by atoms with E-state index in [9.17, 15) is 9.18 Å². The molecule has 0 atom stereocenters. The molecule has 1 aliphatic rings. The van der Waals surface area contributed by atoms with E-state index in [2.05, 4.69) is 19.8 Å². The number of aromatic nitrogens is 2. The molecular weight excluding hydrogens is 349 g/mol. The molecule has 1 fully saturated rings. The van der Waals surface area contributed by atoms with Crippen LogP contribution in [-0.4, -0.2) is 47.3 Å². The molecule has 7 nitrogen and oxygen atoms in total. The van der Waals surface area contributed by atoms with Gasteiger partial charge in [0.15, 0.2) is 0 Å². The lowest BCUT2D eigenvalue weighted by atomic mass is 10.2. The van der Waals surface area contributed by atoms with Crippen molar-refractivity contribution in [2.45, 2.75) is 0 Å². The fourth-order valence-electron chi connectivity index (χ4n) is 3.21. The minimum absolute atomic E-state index is 0.238. The van der Waals surface area contributed by atoms with Crippen molar-refractivity contribution < 1.29 is 14.4 Å². The molecule has 2 aromatic carbocycles. The minimum atomic E-state index is -0.586. The van der Waals surface area contributed by atoms with Gasteiger partial charge in [-0.15, -0.1) is 0 Å². The summed E-state index contributed by atoms with van der Waals surface area (Å²) < 4.78 is 13.1. The molecule has 3 aromatic rings. The van der Waals surface area contributed by atoms with Crippen LogP contribution in [0.1, 0.15) is 10.4 Å². The summed E-state index contributed by atoms with van der Waals surface area (Å²) in [5.74, 6) is -0.0853. The van der Waals surface area contributed by atoms with Gasteiger partial charge in [0.1, 0.15) is 11.6 Å². The first-order valence-corrected chi connectivity index (χ1v) is 8.61. The van der Waals surface area contributed by atoms with Gasteiger partial charge < -0.3 is 9.80 Å². The predicted molar refractivity (Wildman–Crippen MR) is 99.6 cm³/mol. The molecule has 138 valence electrons. The highest BCUT2D eigenvalue weighted by Crippen LogP contribution is 2.21. The smallest absolute Gasteiger partial charge is 0.274 e. The van der Waals surface area contributed by atoms with Crippen molar-refractivity contribution in [1.82, 2.24) is 15.4 Å². The van der Waals surface area contributed by atoms with Gasteiger partial charge >= 0.3 is 0 Å². The summed E-state index contributed by atoms with van der Waals surface area (Å²) in [6.45, 7) is 3.10. The van der Waals surface area contributed by atoms with Crippen LogP contribution in [0.3, 0.4) is 0 Å². The Balaban J connectivity index is 1.51. The van der Waals surface area contributed by atoms with Crippen LogP contribution in [0.5, 0.6) is 0 Å². The molecule has 2 N–H and O–H groups in total. The Bertz CT molecular complexity index is 972. The lowest BCUT2D eigenvalue weighted by molar-refractivity contribution is 0.0706. The van der Waals surface area contributed by atoms with Crippen LogP contribution in [0.2, 0.25) is 0 Å². The van der Waals surface area contributed by atoms with Gasteiger partial charge in [0.2, 0.25) is 0 Å². The van der Waals surface area contributed by atoms with E-state index in [1.165, 1.54) is 12.1 Å². The summed E-state index contributed by atoms with van der Waals surface area (Å²) in [7, 11) is 0. The monoisotopic (exact) mass is 367 g/mol. The number of nitrogens with zero attached hydrogens (tertiary/aromatic N) is 4. The van der Waals surface area contributed by atoms with Gasteiger partial charge in [-0.05, 0) is 42.5 Å². The van der Waals surface area contributed by atoms with Gasteiger partial charge in [-0.1, -0.05) is 0 Å². The largest absolute Gasteiger partial charge is 0.368 e. The van der Waals surface area contributed by atoms with Crippen LogP contribution in [-0.2, 0) is 0 Å². The molecule has 1 aromatic heterocycles. The zero-order valence-corrected chi connectivity index (χ0v) is 14.5. The van der Waals surface area contributed by atoms with E-state index in [0.29, 0.717) is 16.6 Å². The molecule has 1 amide bonds. The Morgan fingerprint density at radius 2 is 1.70 bits per heavy atom. The molecule has 0 radical (unpaired) electrons. The van der Waals surface area contributed by atoms with Gasteiger partial charge in [0.05, 0.1) is 17.2 Å². The average molecular weight is 367 g/mol. The number of hydrogen-bond donors (Lipinski definition) is 2. The first-order valence-electron chi connectivity index (χ1n) is 8.61. The summed E-state index contributed by atoms with van der Waals surface area (Å²) in [6, 6.07) is 11.4. The number of carbonyl (C=O) groups excluding carboxylic acids is 1. The second-order valence-electron chi connectivity index (χ2n) is 6.32. The summed E-state index contributed by atoms with van der Waals surface area (Å²) in [6.07, 6.45) is 1.72. The Kier molecular flexibility index (Phi) is 4.55. The third-order valence-corrected chi connectivity index (χ3v) is 4.69. The van der Waals surface area contributed by atoms with Crippen molar-refractivity contribution in [3.05, 3.63) is 60.0 Å². The number of amides is 1. The first kappa shape index (κ1) is 17.2. The number of anilines is 2. The predicted octanol–water partition coefficient (Wildman–Crippen LogP) is 2.21. The van der Waals surface area contributed by atoms with Crippen molar-refractivity contribution in [1.29, 1.82) is 0 Å². The number of hydrogen-bond acceptors (Lipinski definition) is 6. The molecule has 1 aliphatic heterocycles. The summed E-state index contributed by atoms with van der Waals surface area (Å²) in [5, 5.41) is 8.78. The van der Waals surface area contributed by atoms with E-state index < -0.39 is 5.91 Å². The maximum atomic E-state index is 13.1. The fraction of sp³-hybridized carbons (Fsp3) is 0.211. The van der Waals surface area contributed by atoms with Crippen molar-refractivity contribution in [3.63, 3.8) is 0 Å². The number of rotatable bonds is 3. The average Bonchev–Trinajstić information content (AvgIpc) is 2.73. The molecule has 0 unspecified atom stereocenters. The Labute approximate surface area is 155 Å². The van der Waals surface area contributed by atoms with Gasteiger partial charge in [-0.2, -0.15) is 0 Å². The highest BCUT2D eigenvalue weighted by Gasteiger charge is 2.19. The molecule has 2 heterocycles. The first-order chi connectivity index (χ1) is 13.1. The number of piperazine rings is 1. The lowest BCUT2D eigenvalue weighted by Crippen LogP contribution is -2.46. The Morgan fingerprint density at radius 1 is 1.00 bits per heavy atom. The highest BCUT2D eigenvalue weighted by atomic mass is 19.1. The van der Waals surface area contributed by atoms with Crippen LogP contribution in [0.4, 0.5) is 15.9 Å². The number of halogens is 1. The van der Waals surface area contributed by atoms with Crippen LogP contribution in [0.25, 0.3) is 11.0 Å². The van der Waals surface area contributed by atoms with Crippen LogP contribution in [0.15, 0.2) is 48.7 Å². The zero-order chi connectivity index (χ0) is 18.8. The van der Waals surface area contributed by atoms with Crippen LogP contribution >= 0.6 is 0 Å². The summed E-state index contributed by atoms with van der Waals surface area (Å²) in [5.41, 5.74) is 4.21. The standard InChI is InChI=1S/C19H18FN5O2/c20-14-2-4-15(5-3-14)24-7-9-25(10-8-24)18-12-21-16-6-1-13(19(26)23-27)11-17(16)22-18/h1-6,11-12,27H,7-10H2,(H,23,26). The topological polar surface area (TPSA) is 81.6 Å². The second-order valence-corrected chi connectivity index (χ2v) is 6.32.